The van der Waals surface area contributed by atoms with E-state index in [1.165, 1.54) is 32.3 Å². The molecule has 6 rings (SSSR count). The highest BCUT2D eigenvalue weighted by atomic mass is 31.1. The maximum absolute atomic E-state index is 2.53. The van der Waals surface area contributed by atoms with Gasteiger partial charge in [0.1, 0.15) is 0 Å². The van der Waals surface area contributed by atoms with E-state index < -0.39 is 15.8 Å². The van der Waals surface area contributed by atoms with Crippen molar-refractivity contribution in [2.75, 3.05) is 0 Å². The van der Waals surface area contributed by atoms with Gasteiger partial charge in [0.05, 0.1) is 0 Å². The Morgan fingerprint density at radius 3 is 0.762 bits per heavy atom. The Balaban J connectivity index is 1.59. The minimum atomic E-state index is -0.705. The summed E-state index contributed by atoms with van der Waals surface area (Å²) >= 11 is 0. The van der Waals surface area contributed by atoms with E-state index in [1.807, 2.05) is 0 Å². The molecule has 0 spiro atoms. The highest BCUT2D eigenvalue weighted by Gasteiger charge is 2.39. The standard InChI is InChI=1S/C40H36P2/c1-32(39(33-20-8-2-9-21-33)41(35-24-12-4-13-25-35)36-26-14-5-15-27-36)40(34-22-10-3-11-23-34)42(37-28-16-6-17-29-37)38-30-18-7-19-31-38/h2-32,39-40H,1H3. The Hall–Kier alpha value is -3.82. The van der Waals surface area contributed by atoms with Crippen molar-refractivity contribution in [3.05, 3.63) is 193 Å². The Kier molecular flexibility index (Phi) is 9.37. The average molecular weight is 579 g/mol. The second-order valence-electron chi connectivity index (χ2n) is 10.7. The van der Waals surface area contributed by atoms with Crippen LogP contribution in [0.25, 0.3) is 0 Å². The van der Waals surface area contributed by atoms with Gasteiger partial charge in [-0.05, 0) is 54.1 Å². The summed E-state index contributed by atoms with van der Waals surface area (Å²) in [4.78, 5) is 0. The van der Waals surface area contributed by atoms with Crippen LogP contribution in [0.15, 0.2) is 182 Å². The molecule has 42 heavy (non-hydrogen) atoms. The highest BCUT2D eigenvalue weighted by molar-refractivity contribution is 7.74. The summed E-state index contributed by atoms with van der Waals surface area (Å²) < 4.78 is 0. The van der Waals surface area contributed by atoms with Crippen LogP contribution in [0.3, 0.4) is 0 Å². The summed E-state index contributed by atoms with van der Waals surface area (Å²) in [6, 6.07) is 67.5. The zero-order chi connectivity index (χ0) is 28.6. The lowest BCUT2D eigenvalue weighted by molar-refractivity contribution is 0.546. The molecular weight excluding hydrogens is 542 g/mol. The summed E-state index contributed by atoms with van der Waals surface area (Å²) in [5, 5.41) is 5.70. The molecule has 0 fully saturated rings. The van der Waals surface area contributed by atoms with Gasteiger partial charge in [-0.1, -0.05) is 189 Å². The molecule has 0 saturated heterocycles. The van der Waals surface area contributed by atoms with Gasteiger partial charge in [0.25, 0.3) is 0 Å². The van der Waals surface area contributed by atoms with E-state index in [4.69, 9.17) is 0 Å². The predicted molar refractivity (Wildman–Crippen MR) is 186 cm³/mol. The lowest BCUT2D eigenvalue weighted by atomic mass is 9.93. The van der Waals surface area contributed by atoms with E-state index >= 15 is 0 Å². The molecule has 0 amide bonds. The summed E-state index contributed by atoms with van der Waals surface area (Å²) in [5.74, 6) is 0.341. The van der Waals surface area contributed by atoms with Crippen molar-refractivity contribution in [1.29, 1.82) is 0 Å². The van der Waals surface area contributed by atoms with Crippen LogP contribution in [-0.2, 0) is 0 Å². The third kappa shape index (κ3) is 6.32. The Morgan fingerprint density at radius 1 is 0.310 bits per heavy atom. The lowest BCUT2D eigenvalue weighted by Crippen LogP contribution is -2.28. The van der Waals surface area contributed by atoms with Crippen LogP contribution in [0.5, 0.6) is 0 Å². The first-order valence-electron chi connectivity index (χ1n) is 14.7. The second-order valence-corrected chi connectivity index (χ2v) is 15.3. The predicted octanol–water partition coefficient (Wildman–Crippen LogP) is 9.37. The smallest absolute Gasteiger partial charge is 0.0157 e. The summed E-state index contributed by atoms with van der Waals surface area (Å²) in [6.45, 7) is 2.53. The van der Waals surface area contributed by atoms with Crippen LogP contribution in [0.2, 0.25) is 0 Å². The monoisotopic (exact) mass is 578 g/mol. The SMILES string of the molecule is CC(C(c1ccccc1)P(c1ccccc1)c1ccccc1)C(c1ccccc1)P(c1ccccc1)c1ccccc1. The van der Waals surface area contributed by atoms with Crippen molar-refractivity contribution in [3.63, 3.8) is 0 Å². The van der Waals surface area contributed by atoms with E-state index in [0.717, 1.165) is 0 Å². The number of hydrogen-bond acceptors (Lipinski definition) is 0. The molecule has 6 aromatic rings. The molecule has 0 saturated carbocycles. The van der Waals surface area contributed by atoms with Crippen molar-refractivity contribution >= 4 is 37.1 Å². The molecule has 0 radical (unpaired) electrons. The van der Waals surface area contributed by atoms with Crippen LogP contribution in [0.1, 0.15) is 29.4 Å². The van der Waals surface area contributed by atoms with Gasteiger partial charge >= 0.3 is 0 Å². The molecule has 2 heteroatoms. The maximum atomic E-state index is 2.53. The first-order valence-corrected chi connectivity index (χ1v) is 17.5. The molecule has 0 aromatic heterocycles. The van der Waals surface area contributed by atoms with Crippen molar-refractivity contribution in [3.8, 4) is 0 Å². The number of benzene rings is 6. The molecule has 0 aliphatic carbocycles. The third-order valence-corrected chi connectivity index (χ3v) is 14.0. The van der Waals surface area contributed by atoms with Gasteiger partial charge in [-0.25, -0.2) is 0 Å². The zero-order valence-electron chi connectivity index (χ0n) is 23.9. The zero-order valence-corrected chi connectivity index (χ0v) is 25.7. The van der Waals surface area contributed by atoms with Gasteiger partial charge in [-0.2, -0.15) is 0 Å². The molecule has 2 atom stereocenters. The van der Waals surface area contributed by atoms with E-state index in [0.29, 0.717) is 17.2 Å². The normalized spacial score (nSPS) is 13.5. The molecule has 0 bridgehead atoms. The van der Waals surface area contributed by atoms with Crippen LogP contribution in [0, 0.1) is 5.92 Å². The number of rotatable bonds is 10. The molecule has 0 aliphatic rings. The largest absolute Gasteiger partial charge is 0.0622 e. The van der Waals surface area contributed by atoms with E-state index in [9.17, 15) is 0 Å². The van der Waals surface area contributed by atoms with Crippen molar-refractivity contribution in [1.82, 2.24) is 0 Å². The molecule has 0 nitrogen and oxygen atoms in total. The Bertz CT molecular complexity index is 1420. The summed E-state index contributed by atoms with van der Waals surface area (Å²) in [6.07, 6.45) is 0. The van der Waals surface area contributed by atoms with Crippen molar-refractivity contribution in [2.24, 2.45) is 5.92 Å². The minimum absolute atomic E-state index is 0.314. The molecular formula is C40H36P2. The summed E-state index contributed by atoms with van der Waals surface area (Å²) in [7, 11) is -1.41. The first-order chi connectivity index (χ1) is 20.8. The van der Waals surface area contributed by atoms with Gasteiger partial charge in [0, 0.05) is 11.3 Å². The fourth-order valence-electron chi connectivity index (χ4n) is 6.14. The van der Waals surface area contributed by atoms with Crippen LogP contribution < -0.4 is 21.2 Å². The van der Waals surface area contributed by atoms with Crippen molar-refractivity contribution < 1.29 is 0 Å². The lowest BCUT2D eigenvalue weighted by Gasteiger charge is -2.41. The summed E-state index contributed by atoms with van der Waals surface area (Å²) in [5.41, 5.74) is 3.46. The average Bonchev–Trinajstić information content (AvgIpc) is 3.08. The fraction of sp³-hybridized carbons (Fsp3) is 0.100. The fourth-order valence-corrected chi connectivity index (χ4v) is 12.4. The molecule has 0 aliphatic heterocycles. The molecule has 206 valence electrons. The van der Waals surface area contributed by atoms with Gasteiger partial charge < -0.3 is 0 Å². The van der Waals surface area contributed by atoms with Crippen LogP contribution >= 0.6 is 15.8 Å². The molecule has 0 N–H and O–H groups in total. The Morgan fingerprint density at radius 2 is 0.524 bits per heavy atom. The van der Waals surface area contributed by atoms with Gasteiger partial charge in [-0.3, -0.25) is 0 Å². The Labute approximate surface area is 253 Å². The van der Waals surface area contributed by atoms with E-state index in [2.05, 4.69) is 189 Å². The van der Waals surface area contributed by atoms with E-state index in [1.54, 1.807) is 0 Å². The second kappa shape index (κ2) is 13.9. The molecule has 2 unspecified atom stereocenters. The number of hydrogen-bond donors (Lipinski definition) is 0. The third-order valence-electron chi connectivity index (χ3n) is 7.97. The maximum Gasteiger partial charge on any atom is 0.0157 e. The van der Waals surface area contributed by atoms with Crippen molar-refractivity contribution in [2.45, 2.75) is 18.2 Å². The quantitative estimate of drug-likeness (QED) is 0.142. The van der Waals surface area contributed by atoms with Crippen LogP contribution in [0.4, 0.5) is 0 Å². The highest BCUT2D eigenvalue weighted by Crippen LogP contribution is 2.63. The van der Waals surface area contributed by atoms with Gasteiger partial charge in [0.15, 0.2) is 0 Å². The van der Waals surface area contributed by atoms with Gasteiger partial charge in [-0.15, -0.1) is 0 Å². The minimum Gasteiger partial charge on any atom is -0.0622 e. The first kappa shape index (κ1) is 28.3. The van der Waals surface area contributed by atoms with Gasteiger partial charge in [0.2, 0.25) is 0 Å². The topological polar surface area (TPSA) is 0 Å². The van der Waals surface area contributed by atoms with Crippen LogP contribution in [-0.4, -0.2) is 0 Å². The molecule has 6 aromatic carbocycles. The molecule has 0 heterocycles. The van der Waals surface area contributed by atoms with E-state index in [-0.39, 0.29) is 0 Å².